The van der Waals surface area contributed by atoms with Crippen molar-refractivity contribution in [1.82, 2.24) is 5.32 Å². The van der Waals surface area contributed by atoms with Crippen molar-refractivity contribution >= 4 is 11.8 Å². The molecule has 1 aliphatic rings. The highest BCUT2D eigenvalue weighted by atomic mass is 32.2. The summed E-state index contributed by atoms with van der Waals surface area (Å²) in [5.74, 6) is 0.945. The zero-order valence-electron chi connectivity index (χ0n) is 12.2. The average Bonchev–Trinajstić information content (AvgIpc) is 2.53. The van der Waals surface area contributed by atoms with E-state index in [2.05, 4.69) is 36.5 Å². The van der Waals surface area contributed by atoms with Gasteiger partial charge in [-0.25, -0.2) is 4.39 Å². The Balaban J connectivity index is 1.70. The second kappa shape index (κ2) is 6.63. The van der Waals surface area contributed by atoms with Crippen molar-refractivity contribution in [1.29, 1.82) is 0 Å². The van der Waals surface area contributed by atoms with Gasteiger partial charge in [-0.3, -0.25) is 0 Å². The lowest BCUT2D eigenvalue weighted by Crippen LogP contribution is -2.24. The average molecular weight is 301 g/mol. The number of fused-ring (bicyclic) bond motifs is 1. The molecule has 0 spiro atoms. The fourth-order valence-electron chi connectivity index (χ4n) is 2.71. The first kappa shape index (κ1) is 14.6. The molecule has 110 valence electrons. The SMILES string of the molecule is CCc1ccc(CNC2CCSc3ccc(F)cc32)cc1. The first-order valence-corrected chi connectivity index (χ1v) is 8.48. The van der Waals surface area contributed by atoms with Crippen LogP contribution in [0.3, 0.4) is 0 Å². The lowest BCUT2D eigenvalue weighted by atomic mass is 10.0. The molecule has 2 aromatic rings. The Morgan fingerprint density at radius 2 is 1.90 bits per heavy atom. The van der Waals surface area contributed by atoms with Crippen LogP contribution in [0.1, 0.15) is 36.1 Å². The van der Waals surface area contributed by atoms with Crippen LogP contribution in [-0.2, 0) is 13.0 Å². The Kier molecular flexibility index (Phi) is 4.61. The highest BCUT2D eigenvalue weighted by Gasteiger charge is 2.20. The highest BCUT2D eigenvalue weighted by molar-refractivity contribution is 7.99. The third kappa shape index (κ3) is 3.47. The van der Waals surface area contributed by atoms with Crippen LogP contribution in [0.4, 0.5) is 4.39 Å². The molecule has 21 heavy (non-hydrogen) atoms. The number of hydrogen-bond donors (Lipinski definition) is 1. The first-order chi connectivity index (χ1) is 10.3. The molecule has 0 bridgehead atoms. The fourth-order valence-corrected chi connectivity index (χ4v) is 3.82. The van der Waals surface area contributed by atoms with Crippen LogP contribution in [0.5, 0.6) is 0 Å². The summed E-state index contributed by atoms with van der Waals surface area (Å²) in [6, 6.07) is 14.1. The van der Waals surface area contributed by atoms with Crippen LogP contribution >= 0.6 is 11.8 Å². The van der Waals surface area contributed by atoms with E-state index in [1.54, 1.807) is 12.1 Å². The molecule has 0 aliphatic carbocycles. The van der Waals surface area contributed by atoms with Crippen molar-refractivity contribution in [2.45, 2.75) is 37.2 Å². The minimum absolute atomic E-state index is 0.143. The summed E-state index contributed by atoms with van der Waals surface area (Å²) in [7, 11) is 0. The number of aryl methyl sites for hydroxylation is 1. The van der Waals surface area contributed by atoms with Gasteiger partial charge in [0, 0.05) is 17.5 Å². The lowest BCUT2D eigenvalue weighted by molar-refractivity contribution is 0.504. The van der Waals surface area contributed by atoms with Crippen LogP contribution in [0, 0.1) is 5.82 Å². The molecule has 3 rings (SSSR count). The zero-order valence-corrected chi connectivity index (χ0v) is 13.0. The summed E-state index contributed by atoms with van der Waals surface area (Å²) >= 11 is 1.82. The quantitative estimate of drug-likeness (QED) is 0.877. The summed E-state index contributed by atoms with van der Waals surface area (Å²) in [6.07, 6.45) is 2.12. The molecule has 3 heteroatoms. The van der Waals surface area contributed by atoms with E-state index < -0.39 is 0 Å². The van der Waals surface area contributed by atoms with Gasteiger partial charge >= 0.3 is 0 Å². The smallest absolute Gasteiger partial charge is 0.123 e. The van der Waals surface area contributed by atoms with Gasteiger partial charge in [0.2, 0.25) is 0 Å². The van der Waals surface area contributed by atoms with E-state index in [1.165, 1.54) is 16.0 Å². The summed E-state index contributed by atoms with van der Waals surface area (Å²) in [6.45, 7) is 2.99. The maximum atomic E-state index is 13.5. The van der Waals surface area contributed by atoms with Gasteiger partial charge in [0.1, 0.15) is 5.82 Å². The Bertz CT molecular complexity index is 609. The van der Waals surface area contributed by atoms with Crippen molar-refractivity contribution in [3.8, 4) is 0 Å². The standard InChI is InChI=1S/C18H20FNS/c1-2-13-3-5-14(6-4-13)12-20-17-9-10-21-18-8-7-15(19)11-16(17)18/h3-8,11,17,20H,2,9-10,12H2,1H3. The fraction of sp³-hybridized carbons (Fsp3) is 0.333. The molecule has 0 saturated heterocycles. The van der Waals surface area contributed by atoms with Gasteiger partial charge in [0.05, 0.1) is 0 Å². The van der Waals surface area contributed by atoms with Gasteiger partial charge in [-0.15, -0.1) is 11.8 Å². The summed E-state index contributed by atoms with van der Waals surface area (Å²) in [5.41, 5.74) is 3.75. The molecular weight excluding hydrogens is 281 g/mol. The van der Waals surface area contributed by atoms with E-state index in [4.69, 9.17) is 0 Å². The van der Waals surface area contributed by atoms with Crippen molar-refractivity contribution in [3.63, 3.8) is 0 Å². The van der Waals surface area contributed by atoms with E-state index >= 15 is 0 Å². The predicted molar refractivity (Wildman–Crippen MR) is 87.1 cm³/mol. The molecule has 0 saturated carbocycles. The lowest BCUT2D eigenvalue weighted by Gasteiger charge is -2.26. The molecule has 1 atom stereocenters. The minimum atomic E-state index is -0.143. The monoisotopic (exact) mass is 301 g/mol. The van der Waals surface area contributed by atoms with Crippen LogP contribution in [0.25, 0.3) is 0 Å². The zero-order chi connectivity index (χ0) is 14.7. The molecule has 0 aromatic heterocycles. The molecule has 0 amide bonds. The third-order valence-electron chi connectivity index (χ3n) is 4.00. The topological polar surface area (TPSA) is 12.0 Å². The van der Waals surface area contributed by atoms with E-state index in [1.807, 2.05) is 17.8 Å². The van der Waals surface area contributed by atoms with Crippen LogP contribution in [0.15, 0.2) is 47.4 Å². The van der Waals surface area contributed by atoms with Gasteiger partial charge in [0.15, 0.2) is 0 Å². The van der Waals surface area contributed by atoms with E-state index in [0.29, 0.717) is 0 Å². The van der Waals surface area contributed by atoms with Crippen molar-refractivity contribution in [2.24, 2.45) is 0 Å². The first-order valence-electron chi connectivity index (χ1n) is 7.49. The Hall–Kier alpha value is -1.32. The van der Waals surface area contributed by atoms with Crippen molar-refractivity contribution in [3.05, 3.63) is 65.0 Å². The maximum Gasteiger partial charge on any atom is 0.123 e. The van der Waals surface area contributed by atoms with Crippen molar-refractivity contribution < 1.29 is 4.39 Å². The number of benzene rings is 2. The summed E-state index contributed by atoms with van der Waals surface area (Å²) < 4.78 is 13.5. The summed E-state index contributed by atoms with van der Waals surface area (Å²) in [5, 5.41) is 3.58. The Morgan fingerprint density at radius 1 is 1.14 bits per heavy atom. The highest BCUT2D eigenvalue weighted by Crippen LogP contribution is 2.36. The van der Waals surface area contributed by atoms with Crippen LogP contribution in [-0.4, -0.2) is 5.75 Å². The van der Waals surface area contributed by atoms with Crippen LogP contribution < -0.4 is 5.32 Å². The molecule has 1 nitrogen and oxygen atoms in total. The van der Waals surface area contributed by atoms with Gasteiger partial charge < -0.3 is 5.32 Å². The molecule has 2 aromatic carbocycles. The molecular formula is C18H20FNS. The number of rotatable bonds is 4. The van der Waals surface area contributed by atoms with Gasteiger partial charge in [-0.05, 0) is 53.5 Å². The third-order valence-corrected chi connectivity index (χ3v) is 5.12. The number of nitrogens with one attached hydrogen (secondary N) is 1. The minimum Gasteiger partial charge on any atom is -0.306 e. The number of hydrogen-bond acceptors (Lipinski definition) is 2. The normalized spacial score (nSPS) is 17.5. The van der Waals surface area contributed by atoms with E-state index in [9.17, 15) is 4.39 Å². The molecule has 1 N–H and O–H groups in total. The number of halogens is 1. The van der Waals surface area contributed by atoms with Gasteiger partial charge in [-0.2, -0.15) is 0 Å². The van der Waals surface area contributed by atoms with Crippen LogP contribution in [0.2, 0.25) is 0 Å². The maximum absolute atomic E-state index is 13.5. The molecule has 1 aliphatic heterocycles. The van der Waals surface area contributed by atoms with E-state index in [-0.39, 0.29) is 11.9 Å². The predicted octanol–water partition coefficient (Wildman–Crippen LogP) is 4.71. The second-order valence-electron chi connectivity index (χ2n) is 5.42. The number of thioether (sulfide) groups is 1. The molecule has 1 unspecified atom stereocenters. The van der Waals surface area contributed by atoms with Gasteiger partial charge in [-0.1, -0.05) is 31.2 Å². The summed E-state index contributed by atoms with van der Waals surface area (Å²) in [4.78, 5) is 1.21. The van der Waals surface area contributed by atoms with E-state index in [0.717, 1.165) is 30.7 Å². The second-order valence-corrected chi connectivity index (χ2v) is 6.56. The Labute approximate surface area is 130 Å². The van der Waals surface area contributed by atoms with Crippen molar-refractivity contribution in [2.75, 3.05) is 5.75 Å². The molecule has 0 fully saturated rings. The molecule has 1 heterocycles. The van der Waals surface area contributed by atoms with Gasteiger partial charge in [0.25, 0.3) is 0 Å². The molecule has 0 radical (unpaired) electrons. The largest absolute Gasteiger partial charge is 0.306 e. The Morgan fingerprint density at radius 3 is 2.67 bits per heavy atom.